The molecule has 0 bridgehead atoms. The first-order chi connectivity index (χ1) is 9.75. The number of amides is 1. The quantitative estimate of drug-likeness (QED) is 0.789. The molecule has 2 aromatic rings. The molecule has 1 fully saturated rings. The fourth-order valence-electron chi connectivity index (χ4n) is 2.76. The molecule has 2 nitrogen and oxygen atoms in total. The number of carbonyl (C=O) groups excluding carboxylic acids is 1. The molecule has 20 heavy (non-hydrogen) atoms. The molecular formula is C17H16ClNO. The largest absolute Gasteiger partial charge is 0.330 e. The number of carbonyl (C=O) groups is 1. The van der Waals surface area contributed by atoms with Gasteiger partial charge in [0.15, 0.2) is 0 Å². The molecule has 0 spiro atoms. The molecule has 102 valence electrons. The van der Waals surface area contributed by atoms with Crippen LogP contribution in [0.15, 0.2) is 60.7 Å². The molecule has 1 saturated heterocycles. The van der Waals surface area contributed by atoms with E-state index in [0.717, 1.165) is 11.1 Å². The molecule has 1 aliphatic heterocycles. The predicted molar refractivity (Wildman–Crippen MR) is 80.7 cm³/mol. The van der Waals surface area contributed by atoms with Crippen molar-refractivity contribution in [2.24, 2.45) is 0 Å². The minimum Gasteiger partial charge on any atom is -0.330 e. The lowest BCUT2D eigenvalue weighted by molar-refractivity contribution is -0.129. The molecule has 3 rings (SSSR count). The highest BCUT2D eigenvalue weighted by atomic mass is 35.5. The molecule has 0 N–H and O–H groups in total. The van der Waals surface area contributed by atoms with Gasteiger partial charge in [-0.1, -0.05) is 60.7 Å². The van der Waals surface area contributed by atoms with Crippen LogP contribution in [0.1, 0.15) is 23.6 Å². The number of alkyl halides is 1. The molecule has 0 aliphatic carbocycles. The first-order valence-electron chi connectivity index (χ1n) is 6.79. The van der Waals surface area contributed by atoms with E-state index in [-0.39, 0.29) is 17.3 Å². The van der Waals surface area contributed by atoms with Crippen molar-refractivity contribution < 1.29 is 4.79 Å². The Balaban J connectivity index is 2.03. The fourth-order valence-corrected chi connectivity index (χ4v) is 3.04. The van der Waals surface area contributed by atoms with E-state index in [1.165, 1.54) is 0 Å². The van der Waals surface area contributed by atoms with Gasteiger partial charge in [0.2, 0.25) is 5.91 Å². The van der Waals surface area contributed by atoms with E-state index in [1.807, 2.05) is 41.3 Å². The van der Waals surface area contributed by atoms with Crippen molar-refractivity contribution in [2.75, 3.05) is 6.54 Å². The summed E-state index contributed by atoms with van der Waals surface area (Å²) in [6.45, 7) is 0.606. The maximum atomic E-state index is 12.2. The second-order valence-electron chi connectivity index (χ2n) is 5.07. The van der Waals surface area contributed by atoms with Gasteiger partial charge in [0.25, 0.3) is 0 Å². The number of likely N-dealkylation sites (tertiary alicyclic amines) is 1. The van der Waals surface area contributed by atoms with Crippen molar-refractivity contribution in [3.05, 3.63) is 71.8 Å². The second-order valence-corrected chi connectivity index (χ2v) is 5.69. The number of hydrogen-bond acceptors (Lipinski definition) is 1. The van der Waals surface area contributed by atoms with E-state index in [0.29, 0.717) is 13.0 Å². The summed E-state index contributed by atoms with van der Waals surface area (Å²) in [5.74, 6) is 0.128. The number of rotatable bonds is 3. The van der Waals surface area contributed by atoms with Crippen LogP contribution in [0, 0.1) is 0 Å². The summed E-state index contributed by atoms with van der Waals surface area (Å²) in [6.07, 6.45) is 0.428. The van der Waals surface area contributed by atoms with Crippen LogP contribution >= 0.6 is 11.6 Å². The summed E-state index contributed by atoms with van der Waals surface area (Å²) in [5, 5.41) is -0.0857. The van der Waals surface area contributed by atoms with Gasteiger partial charge in [-0.05, 0) is 11.1 Å². The van der Waals surface area contributed by atoms with E-state index in [9.17, 15) is 4.79 Å². The third kappa shape index (κ3) is 2.56. The highest BCUT2D eigenvalue weighted by Crippen LogP contribution is 2.33. The van der Waals surface area contributed by atoms with Gasteiger partial charge in [0.1, 0.15) is 0 Å². The summed E-state index contributed by atoms with van der Waals surface area (Å²) < 4.78 is 0. The third-order valence-electron chi connectivity index (χ3n) is 3.65. The Morgan fingerprint density at radius 1 is 0.950 bits per heavy atom. The zero-order valence-electron chi connectivity index (χ0n) is 11.1. The molecule has 3 heteroatoms. The van der Waals surface area contributed by atoms with Crippen molar-refractivity contribution in [3.63, 3.8) is 0 Å². The topological polar surface area (TPSA) is 20.3 Å². The minimum absolute atomic E-state index is 0.0475. The lowest BCUT2D eigenvalue weighted by Gasteiger charge is -2.29. The van der Waals surface area contributed by atoms with Crippen molar-refractivity contribution in [2.45, 2.75) is 17.8 Å². The first-order valence-corrected chi connectivity index (χ1v) is 7.23. The van der Waals surface area contributed by atoms with Gasteiger partial charge >= 0.3 is 0 Å². The average Bonchev–Trinajstić information content (AvgIpc) is 2.80. The standard InChI is InChI=1S/C17H16ClNO/c18-15-11-16(20)19(12-15)17(13-7-3-1-4-8-13)14-9-5-2-6-10-14/h1-10,15,17H,11-12H2. The van der Waals surface area contributed by atoms with Crippen LogP contribution in [-0.4, -0.2) is 22.7 Å². The molecule has 1 amide bonds. The van der Waals surface area contributed by atoms with Gasteiger partial charge in [-0.3, -0.25) is 4.79 Å². The van der Waals surface area contributed by atoms with E-state index < -0.39 is 0 Å². The van der Waals surface area contributed by atoms with Gasteiger partial charge in [0, 0.05) is 13.0 Å². The Labute approximate surface area is 124 Å². The third-order valence-corrected chi connectivity index (χ3v) is 3.95. The Morgan fingerprint density at radius 2 is 1.45 bits per heavy atom. The van der Waals surface area contributed by atoms with Crippen molar-refractivity contribution in [1.29, 1.82) is 0 Å². The SMILES string of the molecule is O=C1CC(Cl)CN1C(c1ccccc1)c1ccccc1. The minimum atomic E-state index is -0.0857. The molecule has 1 heterocycles. The normalized spacial score (nSPS) is 18.8. The number of halogens is 1. The van der Waals surface area contributed by atoms with E-state index in [2.05, 4.69) is 24.3 Å². The zero-order chi connectivity index (χ0) is 13.9. The van der Waals surface area contributed by atoms with Gasteiger partial charge in [-0.15, -0.1) is 11.6 Å². The van der Waals surface area contributed by atoms with Crippen LogP contribution in [0.25, 0.3) is 0 Å². The molecule has 1 unspecified atom stereocenters. The van der Waals surface area contributed by atoms with Gasteiger partial charge in [-0.25, -0.2) is 0 Å². The van der Waals surface area contributed by atoms with Crippen LogP contribution in [0.3, 0.4) is 0 Å². The Kier molecular flexibility index (Phi) is 3.75. The lowest BCUT2D eigenvalue weighted by Crippen LogP contribution is -2.31. The fraction of sp³-hybridized carbons (Fsp3) is 0.235. The maximum absolute atomic E-state index is 12.2. The molecular weight excluding hydrogens is 270 g/mol. The maximum Gasteiger partial charge on any atom is 0.224 e. The van der Waals surface area contributed by atoms with E-state index in [1.54, 1.807) is 0 Å². The number of nitrogens with zero attached hydrogens (tertiary/aromatic N) is 1. The predicted octanol–water partition coefficient (Wildman–Crippen LogP) is 3.62. The van der Waals surface area contributed by atoms with Crippen LogP contribution in [0.4, 0.5) is 0 Å². The molecule has 0 saturated carbocycles. The molecule has 1 atom stereocenters. The summed E-state index contributed by atoms with van der Waals surface area (Å²) >= 11 is 6.16. The van der Waals surface area contributed by atoms with Gasteiger partial charge in [0.05, 0.1) is 11.4 Å². The lowest BCUT2D eigenvalue weighted by atomic mass is 9.97. The first kappa shape index (κ1) is 13.2. The van der Waals surface area contributed by atoms with Gasteiger partial charge < -0.3 is 4.90 Å². The summed E-state index contributed by atoms with van der Waals surface area (Å²) in [4.78, 5) is 14.1. The molecule has 1 aliphatic rings. The van der Waals surface area contributed by atoms with Crippen molar-refractivity contribution in [1.82, 2.24) is 4.90 Å². The van der Waals surface area contributed by atoms with Crippen LogP contribution in [0.5, 0.6) is 0 Å². The average molecular weight is 286 g/mol. The number of hydrogen-bond donors (Lipinski definition) is 0. The van der Waals surface area contributed by atoms with Crippen LogP contribution in [-0.2, 0) is 4.79 Å². The Morgan fingerprint density at radius 3 is 1.85 bits per heavy atom. The highest BCUT2D eigenvalue weighted by Gasteiger charge is 2.34. The summed E-state index contributed by atoms with van der Waals surface area (Å²) in [6, 6.07) is 20.2. The highest BCUT2D eigenvalue weighted by molar-refractivity contribution is 6.22. The summed E-state index contributed by atoms with van der Waals surface area (Å²) in [7, 11) is 0. The Bertz CT molecular complexity index is 545. The van der Waals surface area contributed by atoms with Crippen LogP contribution < -0.4 is 0 Å². The molecule has 0 aromatic heterocycles. The Hall–Kier alpha value is -1.80. The number of benzene rings is 2. The zero-order valence-corrected chi connectivity index (χ0v) is 11.8. The monoisotopic (exact) mass is 285 g/mol. The van der Waals surface area contributed by atoms with E-state index in [4.69, 9.17) is 11.6 Å². The van der Waals surface area contributed by atoms with Crippen molar-refractivity contribution >= 4 is 17.5 Å². The molecule has 0 radical (unpaired) electrons. The van der Waals surface area contributed by atoms with Gasteiger partial charge in [-0.2, -0.15) is 0 Å². The summed E-state index contributed by atoms with van der Waals surface area (Å²) in [5.41, 5.74) is 2.25. The van der Waals surface area contributed by atoms with Crippen LogP contribution in [0.2, 0.25) is 0 Å². The second kappa shape index (κ2) is 5.68. The smallest absolute Gasteiger partial charge is 0.224 e. The molecule has 2 aromatic carbocycles. The van der Waals surface area contributed by atoms with Crippen molar-refractivity contribution in [3.8, 4) is 0 Å². The van der Waals surface area contributed by atoms with E-state index >= 15 is 0 Å².